The van der Waals surface area contributed by atoms with Gasteiger partial charge in [-0.1, -0.05) is 0 Å². The number of nitrogens with two attached hydrogens (primary N) is 1. The first-order chi connectivity index (χ1) is 11.0. The van der Waals surface area contributed by atoms with E-state index >= 15 is 0 Å². The van der Waals surface area contributed by atoms with Crippen LogP contribution in [0.2, 0.25) is 0 Å². The van der Waals surface area contributed by atoms with Gasteiger partial charge in [0.1, 0.15) is 0 Å². The van der Waals surface area contributed by atoms with Gasteiger partial charge in [-0.15, -0.1) is 11.3 Å². The first-order valence-electron chi connectivity index (χ1n) is 7.63. The number of aryl methyl sites for hydroxylation is 1. The van der Waals surface area contributed by atoms with Crippen LogP contribution < -0.4 is 21.3 Å². The second kappa shape index (κ2) is 6.08. The maximum Gasteiger partial charge on any atom is 0.253 e. The van der Waals surface area contributed by atoms with E-state index in [1.807, 2.05) is 27.0 Å². The van der Waals surface area contributed by atoms with Crippen molar-refractivity contribution in [2.75, 3.05) is 29.5 Å². The van der Waals surface area contributed by atoms with Gasteiger partial charge in [-0.3, -0.25) is 4.79 Å². The lowest BCUT2D eigenvalue weighted by molar-refractivity contribution is 0.0956. The van der Waals surface area contributed by atoms with Crippen molar-refractivity contribution in [2.45, 2.75) is 26.9 Å². The molecule has 4 N–H and O–H groups in total. The SMILES string of the molecule is CCNC(=O)c1cc(N)c(NC)cc1N1Cc2nc(C)sc2C1. The minimum Gasteiger partial charge on any atom is -0.397 e. The van der Waals surface area contributed by atoms with Crippen LogP contribution in [0.3, 0.4) is 0 Å². The summed E-state index contributed by atoms with van der Waals surface area (Å²) in [4.78, 5) is 20.4. The van der Waals surface area contributed by atoms with Gasteiger partial charge in [0.25, 0.3) is 5.91 Å². The van der Waals surface area contributed by atoms with Crippen LogP contribution in [0.15, 0.2) is 12.1 Å². The highest BCUT2D eigenvalue weighted by Crippen LogP contribution is 2.36. The van der Waals surface area contributed by atoms with Crippen LogP contribution >= 0.6 is 11.3 Å². The summed E-state index contributed by atoms with van der Waals surface area (Å²) >= 11 is 1.72. The van der Waals surface area contributed by atoms with Gasteiger partial charge in [0.15, 0.2) is 0 Å². The molecule has 122 valence electrons. The molecule has 0 saturated heterocycles. The Bertz CT molecular complexity index is 732. The zero-order valence-corrected chi connectivity index (χ0v) is 14.4. The average Bonchev–Trinajstić information content (AvgIpc) is 3.04. The molecule has 1 aromatic heterocycles. The van der Waals surface area contributed by atoms with E-state index in [9.17, 15) is 4.79 Å². The van der Waals surface area contributed by atoms with Gasteiger partial charge in [0.05, 0.1) is 46.4 Å². The van der Waals surface area contributed by atoms with Crippen molar-refractivity contribution in [2.24, 2.45) is 0 Å². The predicted molar refractivity (Wildman–Crippen MR) is 95.1 cm³/mol. The maximum absolute atomic E-state index is 12.4. The van der Waals surface area contributed by atoms with Crippen molar-refractivity contribution in [3.8, 4) is 0 Å². The molecule has 2 aromatic rings. The molecule has 0 spiro atoms. The minimum atomic E-state index is -0.101. The second-order valence-corrected chi connectivity index (χ2v) is 6.81. The van der Waals surface area contributed by atoms with Crippen LogP contribution in [0, 0.1) is 6.92 Å². The minimum absolute atomic E-state index is 0.101. The molecule has 23 heavy (non-hydrogen) atoms. The first kappa shape index (κ1) is 15.6. The molecule has 0 fully saturated rings. The fraction of sp³-hybridized carbons (Fsp3) is 0.375. The summed E-state index contributed by atoms with van der Waals surface area (Å²) in [7, 11) is 1.83. The molecule has 0 atom stereocenters. The summed E-state index contributed by atoms with van der Waals surface area (Å²) in [5.74, 6) is -0.101. The number of nitrogen functional groups attached to an aromatic ring is 1. The number of thiazole rings is 1. The van der Waals surface area contributed by atoms with E-state index in [0.29, 0.717) is 17.8 Å². The number of amides is 1. The molecule has 3 rings (SSSR count). The average molecular weight is 331 g/mol. The van der Waals surface area contributed by atoms with E-state index < -0.39 is 0 Å². The van der Waals surface area contributed by atoms with Crippen LogP contribution in [-0.2, 0) is 13.1 Å². The third kappa shape index (κ3) is 2.84. The Morgan fingerprint density at radius 3 is 2.87 bits per heavy atom. The van der Waals surface area contributed by atoms with Gasteiger partial charge in [0, 0.05) is 18.5 Å². The summed E-state index contributed by atoms with van der Waals surface area (Å²) in [5, 5.41) is 7.03. The standard InChI is InChI=1S/C16H21N5OS/c1-4-19-16(22)10-5-11(17)12(18-3)6-14(10)21-7-13-15(8-21)23-9(2)20-13/h5-6,18H,4,7-8,17H2,1-3H3,(H,19,22). The molecular formula is C16H21N5OS. The highest BCUT2D eigenvalue weighted by atomic mass is 32.1. The zero-order chi connectivity index (χ0) is 16.6. The second-order valence-electron chi connectivity index (χ2n) is 5.52. The largest absolute Gasteiger partial charge is 0.397 e. The van der Waals surface area contributed by atoms with E-state index in [4.69, 9.17) is 5.73 Å². The lowest BCUT2D eigenvalue weighted by Gasteiger charge is -2.23. The van der Waals surface area contributed by atoms with Gasteiger partial charge in [-0.25, -0.2) is 4.98 Å². The van der Waals surface area contributed by atoms with Gasteiger partial charge < -0.3 is 21.3 Å². The Morgan fingerprint density at radius 1 is 1.43 bits per heavy atom. The quantitative estimate of drug-likeness (QED) is 0.749. The number of hydrogen-bond donors (Lipinski definition) is 3. The summed E-state index contributed by atoms with van der Waals surface area (Å²) in [6.45, 7) is 6.01. The van der Waals surface area contributed by atoms with Crippen molar-refractivity contribution in [3.05, 3.63) is 33.3 Å². The number of fused-ring (bicyclic) bond motifs is 1. The lowest BCUT2D eigenvalue weighted by atomic mass is 10.1. The van der Waals surface area contributed by atoms with Gasteiger partial charge in [0.2, 0.25) is 0 Å². The summed E-state index contributed by atoms with van der Waals surface area (Å²) < 4.78 is 0. The van der Waals surface area contributed by atoms with Crippen molar-refractivity contribution in [1.82, 2.24) is 10.3 Å². The number of nitrogens with zero attached hydrogens (tertiary/aromatic N) is 2. The van der Waals surface area contributed by atoms with Crippen LogP contribution in [0.5, 0.6) is 0 Å². The van der Waals surface area contributed by atoms with E-state index in [1.54, 1.807) is 17.4 Å². The zero-order valence-electron chi connectivity index (χ0n) is 13.6. The Kier molecular flexibility index (Phi) is 4.12. The van der Waals surface area contributed by atoms with Crippen LogP contribution in [0.4, 0.5) is 17.1 Å². The third-order valence-electron chi connectivity index (χ3n) is 3.92. The Labute approximate surface area is 139 Å². The van der Waals surface area contributed by atoms with Crippen molar-refractivity contribution < 1.29 is 4.79 Å². The van der Waals surface area contributed by atoms with Gasteiger partial charge in [-0.2, -0.15) is 0 Å². The van der Waals surface area contributed by atoms with E-state index in [0.717, 1.165) is 35.2 Å². The van der Waals surface area contributed by atoms with E-state index in [1.165, 1.54) is 4.88 Å². The molecule has 0 radical (unpaired) electrons. The number of hydrogen-bond acceptors (Lipinski definition) is 6. The fourth-order valence-corrected chi connectivity index (χ4v) is 3.82. The highest BCUT2D eigenvalue weighted by Gasteiger charge is 2.27. The molecular weight excluding hydrogens is 310 g/mol. The molecule has 1 amide bonds. The number of rotatable bonds is 4. The number of anilines is 3. The van der Waals surface area contributed by atoms with Gasteiger partial charge >= 0.3 is 0 Å². The lowest BCUT2D eigenvalue weighted by Crippen LogP contribution is -2.26. The van der Waals surface area contributed by atoms with E-state index in [2.05, 4.69) is 20.5 Å². The molecule has 7 heteroatoms. The highest BCUT2D eigenvalue weighted by molar-refractivity contribution is 7.11. The van der Waals surface area contributed by atoms with Crippen LogP contribution in [0.25, 0.3) is 0 Å². The molecule has 0 unspecified atom stereocenters. The molecule has 2 heterocycles. The molecule has 0 saturated carbocycles. The number of aromatic nitrogens is 1. The molecule has 1 aromatic carbocycles. The number of benzene rings is 1. The predicted octanol–water partition coefficient (Wildman–Crippen LogP) is 2.35. The maximum atomic E-state index is 12.4. The summed E-state index contributed by atoms with van der Waals surface area (Å²) in [6, 6.07) is 3.70. The van der Waals surface area contributed by atoms with E-state index in [-0.39, 0.29) is 5.91 Å². The van der Waals surface area contributed by atoms with Gasteiger partial charge in [-0.05, 0) is 26.0 Å². The molecule has 1 aliphatic heterocycles. The number of carbonyl (C=O) groups excluding carboxylic acids is 1. The van der Waals surface area contributed by atoms with Crippen molar-refractivity contribution >= 4 is 34.3 Å². The molecule has 0 aliphatic carbocycles. The Hall–Kier alpha value is -2.28. The normalized spacial score (nSPS) is 13.1. The third-order valence-corrected chi connectivity index (χ3v) is 4.92. The summed E-state index contributed by atoms with van der Waals surface area (Å²) in [5.41, 5.74) is 10.0. The Morgan fingerprint density at radius 2 is 2.22 bits per heavy atom. The van der Waals surface area contributed by atoms with Crippen molar-refractivity contribution in [3.63, 3.8) is 0 Å². The molecule has 6 nitrogen and oxygen atoms in total. The smallest absolute Gasteiger partial charge is 0.253 e. The monoisotopic (exact) mass is 331 g/mol. The number of nitrogens with one attached hydrogen (secondary N) is 2. The fourth-order valence-electron chi connectivity index (χ4n) is 2.86. The first-order valence-corrected chi connectivity index (χ1v) is 8.44. The topological polar surface area (TPSA) is 83.3 Å². The Balaban J connectivity index is 2.00. The van der Waals surface area contributed by atoms with Crippen molar-refractivity contribution in [1.29, 1.82) is 0 Å². The van der Waals surface area contributed by atoms with Crippen LogP contribution in [-0.4, -0.2) is 24.5 Å². The molecule has 1 aliphatic rings. The number of carbonyl (C=O) groups is 1. The van der Waals surface area contributed by atoms with Crippen LogP contribution in [0.1, 0.15) is 32.9 Å². The molecule has 0 bridgehead atoms. The summed E-state index contributed by atoms with van der Waals surface area (Å²) in [6.07, 6.45) is 0.